The van der Waals surface area contributed by atoms with Gasteiger partial charge in [-0.1, -0.05) is 5.92 Å². The maximum absolute atomic E-state index is 10.9. The molecule has 0 fully saturated rings. The van der Waals surface area contributed by atoms with E-state index in [0.29, 0.717) is 22.4 Å². The van der Waals surface area contributed by atoms with Gasteiger partial charge in [0.2, 0.25) is 0 Å². The normalized spacial score (nSPS) is 9.40. The van der Waals surface area contributed by atoms with Gasteiger partial charge in [-0.3, -0.25) is 0 Å². The zero-order chi connectivity index (χ0) is 11.4. The van der Waals surface area contributed by atoms with Gasteiger partial charge in [0.15, 0.2) is 0 Å². The summed E-state index contributed by atoms with van der Waals surface area (Å²) in [5, 5.41) is 8.94. The van der Waals surface area contributed by atoms with E-state index >= 15 is 0 Å². The van der Waals surface area contributed by atoms with Gasteiger partial charge in [0, 0.05) is 0 Å². The summed E-state index contributed by atoms with van der Waals surface area (Å²) < 4.78 is 5.22. The molecule has 1 rings (SSSR count). The van der Waals surface area contributed by atoms with Gasteiger partial charge in [0.25, 0.3) is 0 Å². The van der Waals surface area contributed by atoms with E-state index in [-0.39, 0.29) is 6.61 Å². The zero-order valence-electron chi connectivity index (χ0n) is 8.70. The van der Waals surface area contributed by atoms with Gasteiger partial charge >= 0.3 is 5.97 Å². The number of ether oxygens (including phenoxy) is 1. The van der Waals surface area contributed by atoms with Crippen LogP contribution in [0.2, 0.25) is 0 Å². The molecule has 0 aromatic heterocycles. The van der Waals surface area contributed by atoms with Crippen molar-refractivity contribution in [3.05, 3.63) is 28.8 Å². The number of carboxylic acids is 1. The highest BCUT2D eigenvalue weighted by Crippen LogP contribution is 2.21. The molecule has 0 aliphatic rings. The lowest BCUT2D eigenvalue weighted by atomic mass is 10.0. The van der Waals surface area contributed by atoms with Crippen molar-refractivity contribution in [2.75, 3.05) is 6.61 Å². The predicted molar refractivity (Wildman–Crippen MR) is 57.2 cm³/mol. The molecular weight excluding hydrogens is 192 g/mol. The van der Waals surface area contributed by atoms with Crippen molar-refractivity contribution in [3.63, 3.8) is 0 Å². The molecule has 0 aliphatic carbocycles. The van der Waals surface area contributed by atoms with Gasteiger partial charge < -0.3 is 9.84 Å². The van der Waals surface area contributed by atoms with Gasteiger partial charge in [-0.15, -0.1) is 6.42 Å². The number of terminal acetylenes is 1. The van der Waals surface area contributed by atoms with Crippen LogP contribution in [0.4, 0.5) is 0 Å². The average molecular weight is 204 g/mol. The van der Waals surface area contributed by atoms with Crippen molar-refractivity contribution < 1.29 is 14.6 Å². The van der Waals surface area contributed by atoms with E-state index in [4.69, 9.17) is 16.3 Å². The monoisotopic (exact) mass is 204 g/mol. The predicted octanol–water partition coefficient (Wildman–Crippen LogP) is 2.01. The quantitative estimate of drug-likeness (QED) is 0.766. The molecule has 0 spiro atoms. The number of carboxylic acid groups (broad SMARTS) is 1. The maximum atomic E-state index is 10.9. The van der Waals surface area contributed by atoms with E-state index in [2.05, 4.69) is 5.92 Å². The Morgan fingerprint density at radius 1 is 1.47 bits per heavy atom. The molecule has 3 heteroatoms. The molecule has 0 aliphatic heterocycles. The molecule has 0 saturated carbocycles. The Balaban J connectivity index is 3.09. The van der Waals surface area contributed by atoms with Gasteiger partial charge in [0.1, 0.15) is 12.4 Å². The summed E-state index contributed by atoms with van der Waals surface area (Å²) in [5.74, 6) is 2.04. The molecule has 78 valence electrons. The van der Waals surface area contributed by atoms with Gasteiger partial charge in [-0.05, 0) is 37.1 Å². The van der Waals surface area contributed by atoms with E-state index in [1.807, 2.05) is 0 Å². The van der Waals surface area contributed by atoms with Crippen molar-refractivity contribution in [2.45, 2.75) is 13.8 Å². The molecule has 0 saturated heterocycles. The average Bonchev–Trinajstić information content (AvgIpc) is 2.12. The number of aromatic carboxylic acids is 1. The van der Waals surface area contributed by atoms with Gasteiger partial charge in [0.05, 0.1) is 5.56 Å². The Labute approximate surface area is 88.7 Å². The van der Waals surface area contributed by atoms with E-state index in [0.717, 1.165) is 0 Å². The lowest BCUT2D eigenvalue weighted by Gasteiger charge is -2.09. The summed E-state index contributed by atoms with van der Waals surface area (Å²) in [6, 6.07) is 3.35. The molecule has 0 amide bonds. The van der Waals surface area contributed by atoms with Crippen molar-refractivity contribution in [1.82, 2.24) is 0 Å². The molecule has 0 heterocycles. The summed E-state index contributed by atoms with van der Waals surface area (Å²) in [5.41, 5.74) is 1.67. The van der Waals surface area contributed by atoms with Crippen LogP contribution in [-0.4, -0.2) is 17.7 Å². The number of rotatable bonds is 3. The summed E-state index contributed by atoms with van der Waals surface area (Å²) in [6.07, 6.45) is 5.06. The third-order valence-corrected chi connectivity index (χ3v) is 2.04. The number of aryl methyl sites for hydroxylation is 2. The molecule has 15 heavy (non-hydrogen) atoms. The largest absolute Gasteiger partial charge is 0.481 e. The highest BCUT2D eigenvalue weighted by Gasteiger charge is 2.11. The second-order valence-electron chi connectivity index (χ2n) is 3.23. The Kier molecular flexibility index (Phi) is 3.35. The number of benzene rings is 1. The molecule has 3 nitrogen and oxygen atoms in total. The number of hydrogen-bond donors (Lipinski definition) is 1. The first-order valence-electron chi connectivity index (χ1n) is 4.47. The fourth-order valence-electron chi connectivity index (χ4n) is 1.47. The number of carbonyl (C=O) groups is 1. The van der Waals surface area contributed by atoms with Crippen LogP contribution < -0.4 is 4.74 Å². The Morgan fingerprint density at radius 2 is 2.00 bits per heavy atom. The zero-order valence-corrected chi connectivity index (χ0v) is 8.70. The van der Waals surface area contributed by atoms with E-state index in [1.165, 1.54) is 0 Å². The topological polar surface area (TPSA) is 46.5 Å². The minimum absolute atomic E-state index is 0.186. The summed E-state index contributed by atoms with van der Waals surface area (Å²) in [6.45, 7) is 3.66. The second-order valence-corrected chi connectivity index (χ2v) is 3.23. The maximum Gasteiger partial charge on any atom is 0.336 e. The standard InChI is InChI=1S/C12H12O3/c1-4-5-15-10-6-8(2)11(12(13)14)9(3)7-10/h1,6-7H,5H2,2-3H3,(H,13,14). The van der Waals surface area contributed by atoms with Gasteiger partial charge in [-0.2, -0.15) is 0 Å². The SMILES string of the molecule is C#CCOc1cc(C)c(C(=O)O)c(C)c1. The van der Waals surface area contributed by atoms with E-state index in [1.54, 1.807) is 26.0 Å². The fraction of sp³-hybridized carbons (Fsp3) is 0.250. The van der Waals surface area contributed by atoms with Crippen LogP contribution in [0.5, 0.6) is 5.75 Å². The Morgan fingerprint density at radius 3 is 2.40 bits per heavy atom. The van der Waals surface area contributed by atoms with Crippen molar-refractivity contribution >= 4 is 5.97 Å². The van der Waals surface area contributed by atoms with Crippen molar-refractivity contribution in [3.8, 4) is 18.1 Å². The van der Waals surface area contributed by atoms with E-state index in [9.17, 15) is 4.79 Å². The Bertz CT molecular complexity index is 404. The number of hydrogen-bond acceptors (Lipinski definition) is 2. The van der Waals surface area contributed by atoms with Gasteiger partial charge in [-0.25, -0.2) is 4.79 Å². The highest BCUT2D eigenvalue weighted by atomic mass is 16.5. The lowest BCUT2D eigenvalue weighted by Crippen LogP contribution is -2.04. The Hall–Kier alpha value is -1.95. The van der Waals surface area contributed by atoms with Crippen LogP contribution in [0.15, 0.2) is 12.1 Å². The second kappa shape index (κ2) is 4.52. The molecule has 0 bridgehead atoms. The summed E-state index contributed by atoms with van der Waals surface area (Å²) >= 11 is 0. The molecule has 0 unspecified atom stereocenters. The van der Waals surface area contributed by atoms with Crippen LogP contribution in [0.3, 0.4) is 0 Å². The minimum Gasteiger partial charge on any atom is -0.481 e. The molecule has 0 atom stereocenters. The smallest absolute Gasteiger partial charge is 0.336 e. The molecule has 1 aromatic rings. The first-order valence-corrected chi connectivity index (χ1v) is 4.47. The van der Waals surface area contributed by atoms with Crippen LogP contribution >= 0.6 is 0 Å². The van der Waals surface area contributed by atoms with E-state index < -0.39 is 5.97 Å². The van der Waals surface area contributed by atoms with Crippen LogP contribution in [0.1, 0.15) is 21.5 Å². The fourth-order valence-corrected chi connectivity index (χ4v) is 1.47. The first-order chi connectivity index (χ1) is 7.06. The minimum atomic E-state index is -0.923. The third kappa shape index (κ3) is 2.50. The highest BCUT2D eigenvalue weighted by molar-refractivity contribution is 5.91. The van der Waals surface area contributed by atoms with Crippen LogP contribution in [0, 0.1) is 26.2 Å². The lowest BCUT2D eigenvalue weighted by molar-refractivity contribution is 0.0695. The summed E-state index contributed by atoms with van der Waals surface area (Å²) in [7, 11) is 0. The van der Waals surface area contributed by atoms with Crippen LogP contribution in [0.25, 0.3) is 0 Å². The molecule has 1 aromatic carbocycles. The molecule has 1 N–H and O–H groups in total. The third-order valence-electron chi connectivity index (χ3n) is 2.04. The first kappa shape index (κ1) is 11.1. The molecule has 0 radical (unpaired) electrons. The summed E-state index contributed by atoms with van der Waals surface area (Å²) in [4.78, 5) is 10.9. The van der Waals surface area contributed by atoms with Crippen molar-refractivity contribution in [1.29, 1.82) is 0 Å². The van der Waals surface area contributed by atoms with Crippen molar-refractivity contribution in [2.24, 2.45) is 0 Å². The van der Waals surface area contributed by atoms with Crippen LogP contribution in [-0.2, 0) is 0 Å². The molecular formula is C12H12O3.